The molecular weight excluding hydrogens is 270 g/mol. The highest BCUT2D eigenvalue weighted by atomic mass is 16.5. The quantitative estimate of drug-likeness (QED) is 0.841. The van der Waals surface area contributed by atoms with E-state index < -0.39 is 0 Å². The number of rotatable bonds is 3. The van der Waals surface area contributed by atoms with Gasteiger partial charge in [-0.1, -0.05) is 6.92 Å². The van der Waals surface area contributed by atoms with Crippen molar-refractivity contribution in [3.63, 3.8) is 0 Å². The highest BCUT2D eigenvalue weighted by Crippen LogP contribution is 2.23. The Kier molecular flexibility index (Phi) is 5.85. The summed E-state index contributed by atoms with van der Waals surface area (Å²) in [6, 6.07) is 0. The number of piperazine rings is 1. The Bertz CT molecular complexity index is 361. The van der Waals surface area contributed by atoms with Gasteiger partial charge in [0, 0.05) is 32.6 Å². The number of nitrogens with one attached hydrogen (secondary N) is 1. The summed E-state index contributed by atoms with van der Waals surface area (Å²) in [5, 5.41) is 3.41. The van der Waals surface area contributed by atoms with Crippen molar-refractivity contribution in [1.29, 1.82) is 0 Å². The summed E-state index contributed by atoms with van der Waals surface area (Å²) in [7, 11) is 1.39. The second-order valence-electron chi connectivity index (χ2n) is 6.13. The molecule has 6 heteroatoms. The first kappa shape index (κ1) is 16.1. The van der Waals surface area contributed by atoms with E-state index in [1.807, 2.05) is 4.90 Å². The fourth-order valence-corrected chi connectivity index (χ4v) is 3.20. The number of nitrogens with zero attached hydrogens (tertiary/aromatic N) is 2. The average molecular weight is 297 g/mol. The molecule has 2 unspecified atom stereocenters. The minimum absolute atomic E-state index is 0.220. The van der Waals surface area contributed by atoms with Crippen LogP contribution >= 0.6 is 0 Å². The lowest BCUT2D eigenvalue weighted by Crippen LogP contribution is -2.51. The largest absolute Gasteiger partial charge is 0.453 e. The van der Waals surface area contributed by atoms with E-state index in [9.17, 15) is 9.59 Å². The lowest BCUT2D eigenvalue weighted by atomic mass is 9.85. The minimum atomic E-state index is -0.302. The first-order valence-corrected chi connectivity index (χ1v) is 7.93. The number of hydrogen-bond acceptors (Lipinski definition) is 4. The van der Waals surface area contributed by atoms with Crippen LogP contribution in [0.3, 0.4) is 0 Å². The van der Waals surface area contributed by atoms with Crippen molar-refractivity contribution >= 4 is 12.0 Å². The number of carbonyl (C=O) groups excluding carboxylic acids is 2. The average Bonchev–Trinajstić information content (AvgIpc) is 2.55. The summed E-state index contributed by atoms with van der Waals surface area (Å²) in [6.45, 7) is 6.68. The van der Waals surface area contributed by atoms with E-state index in [-0.39, 0.29) is 12.0 Å². The molecule has 2 rings (SSSR count). The lowest BCUT2D eigenvalue weighted by Gasteiger charge is -2.35. The Balaban J connectivity index is 1.75. The van der Waals surface area contributed by atoms with Crippen LogP contribution in [0.5, 0.6) is 0 Å². The Morgan fingerprint density at radius 3 is 2.48 bits per heavy atom. The molecule has 0 saturated carbocycles. The van der Waals surface area contributed by atoms with Gasteiger partial charge in [0.1, 0.15) is 0 Å². The summed E-state index contributed by atoms with van der Waals surface area (Å²) in [5.41, 5.74) is 0. The Morgan fingerprint density at radius 2 is 1.90 bits per heavy atom. The monoisotopic (exact) mass is 297 g/mol. The van der Waals surface area contributed by atoms with Crippen molar-refractivity contribution in [3.8, 4) is 0 Å². The molecule has 0 aromatic rings. The topological polar surface area (TPSA) is 61.9 Å². The first-order valence-electron chi connectivity index (χ1n) is 7.93. The molecule has 21 heavy (non-hydrogen) atoms. The zero-order valence-electron chi connectivity index (χ0n) is 13.1. The fraction of sp³-hybridized carbons (Fsp3) is 0.867. The molecule has 1 N–H and O–H groups in total. The van der Waals surface area contributed by atoms with Crippen molar-refractivity contribution in [1.82, 2.24) is 15.1 Å². The third-order valence-electron chi connectivity index (χ3n) is 4.70. The first-order chi connectivity index (χ1) is 10.1. The van der Waals surface area contributed by atoms with Gasteiger partial charge in [-0.3, -0.25) is 4.79 Å². The van der Waals surface area contributed by atoms with Gasteiger partial charge in [0.05, 0.1) is 7.11 Å². The van der Waals surface area contributed by atoms with Gasteiger partial charge in [0.25, 0.3) is 0 Å². The number of piperidine rings is 1. The smallest absolute Gasteiger partial charge is 0.409 e. The van der Waals surface area contributed by atoms with Crippen molar-refractivity contribution < 1.29 is 14.3 Å². The molecular formula is C15H27N3O3. The van der Waals surface area contributed by atoms with Gasteiger partial charge in [-0.05, 0) is 37.8 Å². The van der Waals surface area contributed by atoms with E-state index in [1.54, 1.807) is 4.90 Å². The van der Waals surface area contributed by atoms with Crippen LogP contribution in [0.1, 0.15) is 26.2 Å². The molecule has 2 fully saturated rings. The van der Waals surface area contributed by atoms with Gasteiger partial charge in [-0.25, -0.2) is 4.79 Å². The van der Waals surface area contributed by atoms with Gasteiger partial charge in [0.2, 0.25) is 5.91 Å². The molecule has 0 aromatic heterocycles. The summed E-state index contributed by atoms with van der Waals surface area (Å²) in [5.74, 6) is 1.25. The molecule has 120 valence electrons. The number of hydrogen-bond donors (Lipinski definition) is 1. The predicted molar refractivity (Wildman–Crippen MR) is 79.9 cm³/mol. The van der Waals surface area contributed by atoms with E-state index in [4.69, 9.17) is 4.74 Å². The van der Waals surface area contributed by atoms with Crippen molar-refractivity contribution in [2.45, 2.75) is 26.2 Å². The van der Waals surface area contributed by atoms with Crippen molar-refractivity contribution in [2.24, 2.45) is 11.8 Å². The van der Waals surface area contributed by atoms with Crippen LogP contribution in [0.25, 0.3) is 0 Å². The van der Waals surface area contributed by atoms with Crippen LogP contribution < -0.4 is 5.32 Å². The molecule has 2 atom stereocenters. The zero-order valence-corrected chi connectivity index (χ0v) is 13.1. The van der Waals surface area contributed by atoms with Gasteiger partial charge in [-0.15, -0.1) is 0 Å². The van der Waals surface area contributed by atoms with E-state index >= 15 is 0 Å². The molecule has 2 aliphatic heterocycles. The second-order valence-corrected chi connectivity index (χ2v) is 6.13. The Hall–Kier alpha value is -1.30. The molecule has 0 bridgehead atoms. The van der Waals surface area contributed by atoms with E-state index in [1.165, 1.54) is 20.0 Å². The summed E-state index contributed by atoms with van der Waals surface area (Å²) in [6.07, 6.45) is 2.74. The standard InChI is InChI=1S/C15H27N3O3/c1-12(13-4-3-5-16-11-13)10-14(19)17-6-8-18(9-7-17)15(20)21-2/h12-13,16H,3-11H2,1-2H3. The molecule has 2 saturated heterocycles. The van der Waals surface area contributed by atoms with Crippen LogP contribution in [0.4, 0.5) is 4.79 Å². The number of ether oxygens (including phenoxy) is 1. The number of amides is 2. The van der Waals surface area contributed by atoms with Crippen LogP contribution in [0.2, 0.25) is 0 Å². The van der Waals surface area contributed by atoms with Crippen molar-refractivity contribution in [3.05, 3.63) is 0 Å². The summed E-state index contributed by atoms with van der Waals surface area (Å²) in [4.78, 5) is 27.3. The van der Waals surface area contributed by atoms with Crippen LogP contribution in [0.15, 0.2) is 0 Å². The highest BCUT2D eigenvalue weighted by Gasteiger charge is 2.27. The lowest BCUT2D eigenvalue weighted by molar-refractivity contribution is -0.134. The number of carbonyl (C=O) groups is 2. The van der Waals surface area contributed by atoms with E-state index in [0.29, 0.717) is 44.4 Å². The Morgan fingerprint density at radius 1 is 1.24 bits per heavy atom. The highest BCUT2D eigenvalue weighted by molar-refractivity contribution is 5.77. The third-order valence-corrected chi connectivity index (χ3v) is 4.70. The minimum Gasteiger partial charge on any atom is -0.453 e. The molecule has 6 nitrogen and oxygen atoms in total. The normalized spacial score (nSPS) is 24.6. The van der Waals surface area contributed by atoms with Crippen LogP contribution in [-0.4, -0.2) is 68.2 Å². The molecule has 2 aliphatic rings. The molecule has 0 spiro atoms. The maximum Gasteiger partial charge on any atom is 0.409 e. The van der Waals surface area contributed by atoms with Crippen LogP contribution in [-0.2, 0) is 9.53 Å². The maximum atomic E-state index is 12.4. The molecule has 0 aliphatic carbocycles. The predicted octanol–water partition coefficient (Wildman–Crippen LogP) is 0.923. The molecule has 2 amide bonds. The van der Waals surface area contributed by atoms with E-state index in [0.717, 1.165) is 13.1 Å². The maximum absolute atomic E-state index is 12.4. The van der Waals surface area contributed by atoms with Gasteiger partial charge < -0.3 is 19.9 Å². The molecule has 0 aromatic carbocycles. The molecule has 0 radical (unpaired) electrons. The van der Waals surface area contributed by atoms with Crippen LogP contribution in [0, 0.1) is 11.8 Å². The van der Waals surface area contributed by atoms with Gasteiger partial charge in [0.15, 0.2) is 0 Å². The van der Waals surface area contributed by atoms with Gasteiger partial charge in [-0.2, -0.15) is 0 Å². The SMILES string of the molecule is COC(=O)N1CCN(C(=O)CC(C)C2CCCNC2)CC1. The van der Waals surface area contributed by atoms with E-state index in [2.05, 4.69) is 12.2 Å². The summed E-state index contributed by atoms with van der Waals surface area (Å²) >= 11 is 0. The molecule has 2 heterocycles. The number of methoxy groups -OCH3 is 1. The third kappa shape index (κ3) is 4.33. The fourth-order valence-electron chi connectivity index (χ4n) is 3.20. The zero-order chi connectivity index (χ0) is 15.2. The second kappa shape index (κ2) is 7.64. The summed E-state index contributed by atoms with van der Waals surface area (Å²) < 4.78 is 4.71. The Labute approximate surface area is 126 Å². The van der Waals surface area contributed by atoms with Gasteiger partial charge >= 0.3 is 6.09 Å². The van der Waals surface area contributed by atoms with Crippen molar-refractivity contribution in [2.75, 3.05) is 46.4 Å².